The van der Waals surface area contributed by atoms with Gasteiger partial charge in [0.25, 0.3) is 0 Å². The van der Waals surface area contributed by atoms with Gasteiger partial charge in [-0.3, -0.25) is 0 Å². The summed E-state index contributed by atoms with van der Waals surface area (Å²) in [7, 11) is 0. The topological polar surface area (TPSA) is 40.7 Å². The molecule has 0 saturated heterocycles. The van der Waals surface area contributed by atoms with Gasteiger partial charge in [-0.25, -0.2) is 9.37 Å². The maximum Gasteiger partial charge on any atom is 0.137 e. The van der Waals surface area contributed by atoms with E-state index in [0.29, 0.717) is 16.4 Å². The Labute approximate surface area is 110 Å². The molecule has 0 aliphatic carbocycles. The molecule has 0 spiro atoms. The van der Waals surface area contributed by atoms with Crippen molar-refractivity contribution in [2.24, 2.45) is 0 Å². The average molecular weight is 268 g/mol. The number of H-pyrrole nitrogens is 1. The minimum absolute atomic E-state index is 0.181. The van der Waals surface area contributed by atoms with Gasteiger partial charge in [0, 0.05) is 16.6 Å². The standard InChI is InChI=1S/C13H15ClFN3/c1-3-16-8(2)12-7-17-13(18-12)9-4-10(14)6-11(15)5-9/h4-8,16H,3H2,1-2H3,(H,17,18). The van der Waals surface area contributed by atoms with Gasteiger partial charge in [0.05, 0.1) is 11.9 Å². The molecule has 1 aromatic heterocycles. The monoisotopic (exact) mass is 267 g/mol. The van der Waals surface area contributed by atoms with E-state index in [1.54, 1.807) is 12.3 Å². The molecule has 2 aromatic rings. The van der Waals surface area contributed by atoms with Crippen molar-refractivity contribution in [3.63, 3.8) is 0 Å². The number of nitrogens with zero attached hydrogens (tertiary/aromatic N) is 1. The summed E-state index contributed by atoms with van der Waals surface area (Å²) in [5, 5.41) is 3.64. The molecule has 0 fully saturated rings. The number of hydrogen-bond donors (Lipinski definition) is 2. The summed E-state index contributed by atoms with van der Waals surface area (Å²) >= 11 is 5.83. The van der Waals surface area contributed by atoms with Crippen LogP contribution in [-0.4, -0.2) is 16.5 Å². The second kappa shape index (κ2) is 5.50. The number of benzene rings is 1. The molecule has 0 aliphatic rings. The molecule has 1 aromatic carbocycles. The average Bonchev–Trinajstić information content (AvgIpc) is 2.77. The first-order chi connectivity index (χ1) is 8.60. The third-order valence-corrected chi connectivity index (χ3v) is 2.93. The van der Waals surface area contributed by atoms with Crippen LogP contribution in [0.15, 0.2) is 24.4 Å². The molecule has 0 bridgehead atoms. The Morgan fingerprint density at radius 2 is 2.22 bits per heavy atom. The van der Waals surface area contributed by atoms with E-state index in [2.05, 4.69) is 15.3 Å². The summed E-state index contributed by atoms with van der Waals surface area (Å²) < 4.78 is 13.3. The summed E-state index contributed by atoms with van der Waals surface area (Å²) in [6.45, 7) is 4.96. The van der Waals surface area contributed by atoms with Gasteiger partial charge in [-0.05, 0) is 31.7 Å². The second-order valence-corrected chi connectivity index (χ2v) is 4.56. The predicted molar refractivity (Wildman–Crippen MR) is 71.1 cm³/mol. The first kappa shape index (κ1) is 13.1. The van der Waals surface area contributed by atoms with Crippen LogP contribution in [0.4, 0.5) is 4.39 Å². The molecule has 0 saturated carbocycles. The fourth-order valence-electron chi connectivity index (χ4n) is 1.81. The molecular weight excluding hydrogens is 253 g/mol. The van der Waals surface area contributed by atoms with Crippen LogP contribution in [0.3, 0.4) is 0 Å². The lowest BCUT2D eigenvalue weighted by Crippen LogP contribution is -2.17. The molecule has 1 heterocycles. The first-order valence-corrected chi connectivity index (χ1v) is 6.22. The van der Waals surface area contributed by atoms with Crippen molar-refractivity contribution in [1.82, 2.24) is 15.3 Å². The van der Waals surface area contributed by atoms with Crippen molar-refractivity contribution >= 4 is 11.6 Å². The third-order valence-electron chi connectivity index (χ3n) is 2.71. The Hall–Kier alpha value is -1.39. The highest BCUT2D eigenvalue weighted by Crippen LogP contribution is 2.23. The maximum absolute atomic E-state index is 13.3. The minimum Gasteiger partial charge on any atom is -0.341 e. The summed E-state index contributed by atoms with van der Waals surface area (Å²) in [5.74, 6) is 0.256. The highest BCUT2D eigenvalue weighted by molar-refractivity contribution is 6.30. The Morgan fingerprint density at radius 3 is 2.89 bits per heavy atom. The van der Waals surface area contributed by atoms with Gasteiger partial charge in [0.15, 0.2) is 0 Å². The zero-order valence-corrected chi connectivity index (χ0v) is 11.1. The van der Waals surface area contributed by atoms with Crippen molar-refractivity contribution in [3.8, 4) is 11.4 Å². The number of aromatic amines is 1. The van der Waals surface area contributed by atoms with Gasteiger partial charge in [-0.15, -0.1) is 0 Å². The van der Waals surface area contributed by atoms with E-state index < -0.39 is 0 Å². The number of hydrogen-bond acceptors (Lipinski definition) is 2. The summed E-state index contributed by atoms with van der Waals surface area (Å²) in [6, 6.07) is 4.55. The number of rotatable bonds is 4. The fraction of sp³-hybridized carbons (Fsp3) is 0.308. The molecule has 2 rings (SSSR count). The van der Waals surface area contributed by atoms with Crippen molar-refractivity contribution in [2.45, 2.75) is 19.9 Å². The van der Waals surface area contributed by atoms with Crippen molar-refractivity contribution in [3.05, 3.63) is 40.9 Å². The summed E-state index contributed by atoms with van der Waals surface area (Å²) in [4.78, 5) is 7.42. The SMILES string of the molecule is CCNC(C)c1cnc(-c2cc(F)cc(Cl)c2)[nH]1. The molecule has 1 atom stereocenters. The molecule has 2 N–H and O–H groups in total. The second-order valence-electron chi connectivity index (χ2n) is 4.12. The summed E-state index contributed by atoms with van der Waals surface area (Å²) in [5.41, 5.74) is 1.61. The fourth-order valence-corrected chi connectivity index (χ4v) is 2.03. The highest BCUT2D eigenvalue weighted by Gasteiger charge is 2.10. The lowest BCUT2D eigenvalue weighted by atomic mass is 10.2. The van der Waals surface area contributed by atoms with Crippen LogP contribution in [0.1, 0.15) is 25.6 Å². The van der Waals surface area contributed by atoms with E-state index in [4.69, 9.17) is 11.6 Å². The van der Waals surface area contributed by atoms with Crippen LogP contribution in [0, 0.1) is 5.82 Å². The molecule has 0 radical (unpaired) electrons. The maximum atomic E-state index is 13.3. The first-order valence-electron chi connectivity index (χ1n) is 5.85. The Morgan fingerprint density at radius 1 is 1.44 bits per heavy atom. The Bertz CT molecular complexity index is 519. The smallest absolute Gasteiger partial charge is 0.137 e. The zero-order chi connectivity index (χ0) is 13.1. The van der Waals surface area contributed by atoms with Crippen LogP contribution in [0.25, 0.3) is 11.4 Å². The van der Waals surface area contributed by atoms with Crippen LogP contribution >= 0.6 is 11.6 Å². The normalized spacial score (nSPS) is 12.7. The number of halogens is 2. The van der Waals surface area contributed by atoms with Gasteiger partial charge in [0.1, 0.15) is 11.6 Å². The molecule has 96 valence electrons. The van der Waals surface area contributed by atoms with E-state index in [-0.39, 0.29) is 11.9 Å². The molecule has 18 heavy (non-hydrogen) atoms. The van der Waals surface area contributed by atoms with E-state index in [0.717, 1.165) is 12.2 Å². The number of aromatic nitrogens is 2. The van der Waals surface area contributed by atoms with Crippen LogP contribution in [-0.2, 0) is 0 Å². The lowest BCUT2D eigenvalue weighted by Gasteiger charge is -2.09. The van der Waals surface area contributed by atoms with Crippen LogP contribution in [0.5, 0.6) is 0 Å². The molecule has 5 heteroatoms. The third kappa shape index (κ3) is 2.89. The largest absolute Gasteiger partial charge is 0.341 e. The minimum atomic E-state index is -0.366. The quantitative estimate of drug-likeness (QED) is 0.890. The van der Waals surface area contributed by atoms with Crippen LogP contribution in [0.2, 0.25) is 5.02 Å². The van der Waals surface area contributed by atoms with E-state index in [1.165, 1.54) is 12.1 Å². The lowest BCUT2D eigenvalue weighted by molar-refractivity contribution is 0.586. The van der Waals surface area contributed by atoms with Crippen molar-refractivity contribution in [2.75, 3.05) is 6.54 Å². The van der Waals surface area contributed by atoms with E-state index >= 15 is 0 Å². The summed E-state index contributed by atoms with van der Waals surface area (Å²) in [6.07, 6.45) is 1.75. The van der Waals surface area contributed by atoms with Gasteiger partial charge in [-0.1, -0.05) is 18.5 Å². The number of imidazole rings is 1. The van der Waals surface area contributed by atoms with Crippen LogP contribution < -0.4 is 5.32 Å². The van der Waals surface area contributed by atoms with Gasteiger partial charge in [-0.2, -0.15) is 0 Å². The van der Waals surface area contributed by atoms with E-state index in [1.807, 2.05) is 13.8 Å². The molecule has 0 aliphatic heterocycles. The van der Waals surface area contributed by atoms with Gasteiger partial charge >= 0.3 is 0 Å². The molecule has 0 amide bonds. The Kier molecular flexibility index (Phi) is 3.99. The molecular formula is C13H15ClFN3. The number of nitrogens with one attached hydrogen (secondary N) is 2. The van der Waals surface area contributed by atoms with Crippen molar-refractivity contribution < 1.29 is 4.39 Å². The molecule has 1 unspecified atom stereocenters. The highest BCUT2D eigenvalue weighted by atomic mass is 35.5. The predicted octanol–water partition coefficient (Wildman–Crippen LogP) is 3.54. The van der Waals surface area contributed by atoms with E-state index in [9.17, 15) is 4.39 Å². The zero-order valence-electron chi connectivity index (χ0n) is 10.3. The van der Waals surface area contributed by atoms with Crippen molar-refractivity contribution in [1.29, 1.82) is 0 Å². The van der Waals surface area contributed by atoms with Gasteiger partial charge < -0.3 is 10.3 Å². The Balaban J connectivity index is 2.29. The molecule has 3 nitrogen and oxygen atoms in total. The van der Waals surface area contributed by atoms with Gasteiger partial charge in [0.2, 0.25) is 0 Å².